The lowest BCUT2D eigenvalue weighted by Crippen LogP contribution is -2.38. The zero-order valence-corrected chi connectivity index (χ0v) is 23.3. The highest BCUT2D eigenvalue weighted by atomic mass is 16.6. The number of carbonyl (C=O) groups is 4. The smallest absolute Gasteiger partial charge is 0.309 e. The summed E-state index contributed by atoms with van der Waals surface area (Å²) in [7, 11) is 0. The van der Waals surface area contributed by atoms with Crippen molar-refractivity contribution in [1.82, 2.24) is 0 Å². The quantitative estimate of drug-likeness (QED) is 0.121. The van der Waals surface area contributed by atoms with Crippen LogP contribution >= 0.6 is 0 Å². The van der Waals surface area contributed by atoms with Gasteiger partial charge in [0.05, 0.1) is 74.5 Å². The Labute approximate surface area is 230 Å². The first-order chi connectivity index (χ1) is 18.9. The van der Waals surface area contributed by atoms with Gasteiger partial charge < -0.3 is 28.4 Å². The molecule has 10 heteroatoms. The lowest BCUT2D eigenvalue weighted by atomic mass is 9.79. The first kappa shape index (κ1) is 29.8. The fourth-order valence-corrected chi connectivity index (χ4v) is 5.68. The Morgan fingerprint density at radius 2 is 0.769 bits per heavy atom. The number of carbonyl (C=O) groups excluding carboxylic acids is 4. The van der Waals surface area contributed by atoms with E-state index in [2.05, 4.69) is 0 Å². The molecule has 0 aromatic heterocycles. The second-order valence-corrected chi connectivity index (χ2v) is 11.2. The van der Waals surface area contributed by atoms with E-state index in [-0.39, 0.29) is 61.5 Å². The van der Waals surface area contributed by atoms with Crippen LogP contribution in [-0.4, -0.2) is 74.7 Å². The molecule has 10 nitrogen and oxygen atoms in total. The molecule has 0 spiro atoms. The number of fused-ring (bicyclic) bond motifs is 2. The van der Waals surface area contributed by atoms with Crippen molar-refractivity contribution < 1.29 is 47.6 Å². The first-order valence-corrected chi connectivity index (χ1v) is 14.9. The van der Waals surface area contributed by atoms with Crippen LogP contribution in [0, 0.1) is 23.7 Å². The van der Waals surface area contributed by atoms with Gasteiger partial charge in [0.15, 0.2) is 0 Å². The van der Waals surface area contributed by atoms with Crippen LogP contribution < -0.4 is 0 Å². The maximum absolute atomic E-state index is 12.8. The highest BCUT2D eigenvalue weighted by molar-refractivity contribution is 5.83. The highest BCUT2D eigenvalue weighted by Crippen LogP contribution is 2.45. The van der Waals surface area contributed by atoms with Crippen LogP contribution in [0.3, 0.4) is 0 Å². The summed E-state index contributed by atoms with van der Waals surface area (Å²) >= 11 is 0. The van der Waals surface area contributed by atoms with Gasteiger partial charge in [0.25, 0.3) is 0 Å². The Morgan fingerprint density at radius 3 is 1.05 bits per heavy atom. The number of unbranched alkanes of at least 4 members (excludes halogenated alkanes) is 4. The zero-order chi connectivity index (χ0) is 27.8. The monoisotopic (exact) mass is 552 g/mol. The van der Waals surface area contributed by atoms with Gasteiger partial charge in [-0.3, -0.25) is 19.2 Å². The Morgan fingerprint density at radius 1 is 0.487 bits per heavy atom. The molecule has 0 bridgehead atoms. The van der Waals surface area contributed by atoms with E-state index in [9.17, 15) is 19.2 Å². The van der Waals surface area contributed by atoms with Gasteiger partial charge in [-0.25, -0.2) is 0 Å². The van der Waals surface area contributed by atoms with E-state index in [1.165, 1.54) is 0 Å². The first-order valence-electron chi connectivity index (χ1n) is 14.9. The molecule has 220 valence electrons. The number of epoxide rings is 2. The van der Waals surface area contributed by atoms with Crippen LogP contribution in [0.4, 0.5) is 0 Å². The van der Waals surface area contributed by atoms with Crippen molar-refractivity contribution in [3.8, 4) is 0 Å². The summed E-state index contributed by atoms with van der Waals surface area (Å²) in [4.78, 5) is 50.6. The molecule has 0 aromatic rings. The summed E-state index contributed by atoms with van der Waals surface area (Å²) in [5, 5.41) is 0. The Balaban J connectivity index is 1.11. The Bertz CT molecular complexity index is 791. The number of rotatable bonds is 16. The molecular formula is C29H44O10. The molecule has 0 radical (unpaired) electrons. The van der Waals surface area contributed by atoms with E-state index in [0.717, 1.165) is 25.7 Å². The minimum Gasteiger partial charge on any atom is -0.465 e. The maximum atomic E-state index is 12.8. The van der Waals surface area contributed by atoms with Crippen molar-refractivity contribution in [3.05, 3.63) is 0 Å². The van der Waals surface area contributed by atoms with E-state index in [1.807, 2.05) is 13.8 Å². The molecule has 0 amide bonds. The molecule has 4 fully saturated rings. The van der Waals surface area contributed by atoms with Crippen molar-refractivity contribution in [3.63, 3.8) is 0 Å². The summed E-state index contributed by atoms with van der Waals surface area (Å²) in [5.41, 5.74) is 0. The van der Waals surface area contributed by atoms with Crippen molar-refractivity contribution in [1.29, 1.82) is 0 Å². The van der Waals surface area contributed by atoms with Crippen LogP contribution in [0.15, 0.2) is 0 Å². The number of hydrogen-bond donors (Lipinski definition) is 0. The minimum atomic E-state index is -0.532. The maximum Gasteiger partial charge on any atom is 0.309 e. The van der Waals surface area contributed by atoms with Crippen molar-refractivity contribution in [2.75, 3.05) is 26.4 Å². The number of hydrogen-bond acceptors (Lipinski definition) is 10. The molecule has 8 atom stereocenters. The van der Waals surface area contributed by atoms with E-state index in [0.29, 0.717) is 58.2 Å². The standard InChI is InChI=1S/C29H44O10/c1-3-5-10-34-26(30)18-14-22-24(38-22)16-20(18)28(32)36-12-8-7-9-13-37-29(33)21-17-25-23(39-25)15-19(21)27(31)35-11-6-4-2/h18-25H,3-17H2,1-2H3. The second kappa shape index (κ2) is 14.4. The average molecular weight is 553 g/mol. The average Bonchev–Trinajstić information content (AvgIpc) is 3.85. The molecule has 4 aliphatic rings. The van der Waals surface area contributed by atoms with Crippen LogP contribution in [0.2, 0.25) is 0 Å². The van der Waals surface area contributed by atoms with Gasteiger partial charge in [0.1, 0.15) is 0 Å². The summed E-state index contributed by atoms with van der Waals surface area (Å²) in [6, 6.07) is 0. The third-order valence-corrected chi connectivity index (χ3v) is 8.26. The van der Waals surface area contributed by atoms with Crippen LogP contribution in [-0.2, 0) is 47.6 Å². The molecular weight excluding hydrogens is 508 g/mol. The molecule has 0 aromatic carbocycles. The van der Waals surface area contributed by atoms with Crippen LogP contribution in [0.25, 0.3) is 0 Å². The van der Waals surface area contributed by atoms with Gasteiger partial charge in [-0.1, -0.05) is 26.7 Å². The zero-order valence-electron chi connectivity index (χ0n) is 23.3. The van der Waals surface area contributed by atoms with Gasteiger partial charge >= 0.3 is 23.9 Å². The Kier molecular flexibility index (Phi) is 11.0. The Hall–Kier alpha value is -2.20. The van der Waals surface area contributed by atoms with E-state index in [4.69, 9.17) is 28.4 Å². The van der Waals surface area contributed by atoms with Crippen molar-refractivity contribution in [2.24, 2.45) is 23.7 Å². The predicted molar refractivity (Wildman–Crippen MR) is 137 cm³/mol. The fraction of sp³-hybridized carbons (Fsp3) is 0.862. The van der Waals surface area contributed by atoms with Crippen LogP contribution in [0.1, 0.15) is 84.5 Å². The van der Waals surface area contributed by atoms with E-state index < -0.39 is 23.7 Å². The minimum absolute atomic E-state index is 0.0382. The molecule has 8 unspecified atom stereocenters. The summed E-state index contributed by atoms with van der Waals surface area (Å²) in [5.74, 6) is -3.50. The van der Waals surface area contributed by atoms with Crippen molar-refractivity contribution >= 4 is 23.9 Å². The van der Waals surface area contributed by atoms with Crippen molar-refractivity contribution in [2.45, 2.75) is 109 Å². The van der Waals surface area contributed by atoms with Gasteiger partial charge in [0, 0.05) is 0 Å². The van der Waals surface area contributed by atoms with E-state index in [1.54, 1.807) is 0 Å². The largest absolute Gasteiger partial charge is 0.465 e. The second-order valence-electron chi connectivity index (χ2n) is 11.2. The highest BCUT2D eigenvalue weighted by Gasteiger charge is 2.54. The van der Waals surface area contributed by atoms with Gasteiger partial charge in [-0.05, 0) is 57.8 Å². The molecule has 2 heterocycles. The lowest BCUT2D eigenvalue weighted by molar-refractivity contribution is -0.162. The molecule has 39 heavy (non-hydrogen) atoms. The van der Waals surface area contributed by atoms with Gasteiger partial charge in [0.2, 0.25) is 0 Å². The summed E-state index contributed by atoms with van der Waals surface area (Å²) < 4.78 is 32.9. The van der Waals surface area contributed by atoms with E-state index >= 15 is 0 Å². The third kappa shape index (κ3) is 8.39. The fourth-order valence-electron chi connectivity index (χ4n) is 5.68. The van der Waals surface area contributed by atoms with Crippen LogP contribution in [0.5, 0.6) is 0 Å². The molecule has 2 saturated heterocycles. The summed E-state index contributed by atoms with van der Waals surface area (Å²) in [6.45, 7) is 5.27. The summed E-state index contributed by atoms with van der Waals surface area (Å²) in [6.07, 6.45) is 7.60. The number of esters is 4. The van der Waals surface area contributed by atoms with Gasteiger partial charge in [-0.15, -0.1) is 0 Å². The SMILES string of the molecule is CCCCOC(=O)C1CC2OC2CC1C(=O)OCCCCCOC(=O)C1CC2OC2CC1C(=O)OCCCC. The predicted octanol–water partition coefficient (Wildman–Crippen LogP) is 3.52. The lowest BCUT2D eigenvalue weighted by Gasteiger charge is -2.26. The topological polar surface area (TPSA) is 130 Å². The normalized spacial score (nSPS) is 32.3. The molecule has 2 aliphatic heterocycles. The molecule has 2 aliphatic carbocycles. The molecule has 2 saturated carbocycles. The number of ether oxygens (including phenoxy) is 6. The molecule has 0 N–H and O–H groups in total. The molecule has 4 rings (SSSR count). The van der Waals surface area contributed by atoms with Gasteiger partial charge in [-0.2, -0.15) is 0 Å². The third-order valence-electron chi connectivity index (χ3n) is 8.26.